The van der Waals surface area contributed by atoms with Crippen LogP contribution in [0.4, 0.5) is 0 Å². The predicted molar refractivity (Wildman–Crippen MR) is 168 cm³/mol. The van der Waals surface area contributed by atoms with Crippen LogP contribution < -0.4 is 10.6 Å². The molecule has 0 saturated heterocycles. The zero-order valence-corrected chi connectivity index (χ0v) is 26.0. The number of nitrogens with zero attached hydrogens (tertiary/aromatic N) is 2. The molecule has 1 saturated carbocycles. The lowest BCUT2D eigenvalue weighted by atomic mass is 9.82. The lowest BCUT2D eigenvalue weighted by Crippen LogP contribution is -2.55. The van der Waals surface area contributed by atoms with Crippen LogP contribution in [0.25, 0.3) is 0 Å². The van der Waals surface area contributed by atoms with Crippen LogP contribution in [0, 0.1) is 36.5 Å². The van der Waals surface area contributed by atoms with Crippen LogP contribution in [0.2, 0.25) is 0 Å². The number of nitrogens with one attached hydrogen (secondary N) is 2. The number of aliphatic hydroxyl groups is 2. The van der Waals surface area contributed by atoms with Crippen LogP contribution in [0.1, 0.15) is 63.4 Å². The number of likely N-dealkylation sites (N-methyl/N-ethyl adjacent to an activating group) is 2. The van der Waals surface area contributed by atoms with E-state index in [1.54, 1.807) is 11.9 Å². The summed E-state index contributed by atoms with van der Waals surface area (Å²) in [5, 5.41) is 27.0. The molecule has 9 nitrogen and oxygen atoms in total. The molecule has 0 aromatic heterocycles. The maximum atomic E-state index is 13.6. The summed E-state index contributed by atoms with van der Waals surface area (Å²) < 4.78 is 0. The summed E-state index contributed by atoms with van der Waals surface area (Å²) in [4.78, 5) is 43.8. The highest BCUT2D eigenvalue weighted by molar-refractivity contribution is 5.91. The van der Waals surface area contributed by atoms with Gasteiger partial charge in [-0.1, -0.05) is 62.4 Å². The summed E-state index contributed by atoms with van der Waals surface area (Å²) >= 11 is 0. The minimum absolute atomic E-state index is 0.0314. The van der Waals surface area contributed by atoms with Crippen molar-refractivity contribution >= 4 is 17.7 Å². The van der Waals surface area contributed by atoms with Gasteiger partial charge in [-0.2, -0.15) is 0 Å². The normalized spacial score (nSPS) is 17.0. The van der Waals surface area contributed by atoms with Crippen LogP contribution in [0.5, 0.6) is 0 Å². The van der Waals surface area contributed by atoms with Gasteiger partial charge in [-0.15, -0.1) is 24.7 Å². The number of terminal acetylenes is 2. The van der Waals surface area contributed by atoms with Crippen molar-refractivity contribution in [3.63, 3.8) is 0 Å². The molecule has 236 valence electrons. The summed E-state index contributed by atoms with van der Waals surface area (Å²) in [6.45, 7) is 1.20. The minimum atomic E-state index is -1.27. The molecule has 0 aliphatic heterocycles. The molecule has 2 rings (SSSR count). The lowest BCUT2D eigenvalue weighted by molar-refractivity contribution is -0.136. The summed E-state index contributed by atoms with van der Waals surface area (Å²) in [6, 6.07) is 7.57. The van der Waals surface area contributed by atoms with Crippen molar-refractivity contribution in [2.75, 3.05) is 34.2 Å². The van der Waals surface area contributed by atoms with E-state index >= 15 is 0 Å². The molecule has 1 aliphatic rings. The Labute approximate surface area is 257 Å². The van der Waals surface area contributed by atoms with Gasteiger partial charge in [0.2, 0.25) is 17.7 Å². The highest BCUT2D eigenvalue weighted by atomic mass is 16.3. The molecular weight excluding hydrogens is 544 g/mol. The van der Waals surface area contributed by atoms with Crippen molar-refractivity contribution in [1.29, 1.82) is 0 Å². The maximum Gasteiger partial charge on any atom is 0.243 e. The molecule has 1 aromatic rings. The second kappa shape index (κ2) is 19.0. The van der Waals surface area contributed by atoms with Gasteiger partial charge in [0.1, 0.15) is 12.1 Å². The maximum absolute atomic E-state index is 13.6. The highest BCUT2D eigenvalue weighted by Crippen LogP contribution is 2.28. The molecule has 0 spiro atoms. The first-order chi connectivity index (χ1) is 20.5. The van der Waals surface area contributed by atoms with Crippen LogP contribution in [0.15, 0.2) is 30.3 Å². The summed E-state index contributed by atoms with van der Waals surface area (Å²) in [5.74, 6) is 3.21. The molecule has 43 heavy (non-hydrogen) atoms. The second-order valence-electron chi connectivity index (χ2n) is 12.0. The van der Waals surface area contributed by atoms with Crippen LogP contribution in [-0.2, 0) is 20.8 Å². The molecule has 1 aromatic carbocycles. The number of rotatable bonds is 17. The van der Waals surface area contributed by atoms with Gasteiger partial charge in [-0.25, -0.2) is 0 Å². The van der Waals surface area contributed by atoms with Gasteiger partial charge in [0.15, 0.2) is 0 Å². The molecule has 1 fully saturated rings. The fraction of sp³-hybridized carbons (Fsp3) is 0.618. The standard InChI is InChI=1S/C34H50N4O5/c1-6-14-28(34(43)36-29(32(41)30(39)15-7-2)23-26-18-12-9-13-19-26)35-33(42)27(22-25-16-10-8-11-17-25)24-31(40)38(5)21-20-37(3)4/h1-2,8,10-11,16-17,26-30,32,39,41H,9,12-15,18-24H2,3-5H3,(H,35,42)(H,36,43)/t27?,28-,29?,30?,32+/m0/s1. The zero-order chi connectivity index (χ0) is 31.8. The smallest absolute Gasteiger partial charge is 0.243 e. The van der Waals surface area contributed by atoms with Gasteiger partial charge in [-0.05, 0) is 38.4 Å². The molecule has 1 aliphatic carbocycles. The number of benzene rings is 1. The number of aliphatic hydroxyl groups excluding tert-OH is 2. The van der Waals surface area contributed by atoms with Gasteiger partial charge in [0.05, 0.1) is 18.1 Å². The van der Waals surface area contributed by atoms with E-state index in [9.17, 15) is 24.6 Å². The van der Waals surface area contributed by atoms with Crippen LogP contribution in [-0.4, -0.2) is 96.3 Å². The Hall–Kier alpha value is -3.37. The van der Waals surface area contributed by atoms with E-state index < -0.39 is 42.0 Å². The first kappa shape index (κ1) is 35.8. The third kappa shape index (κ3) is 12.8. The van der Waals surface area contributed by atoms with Gasteiger partial charge in [0.25, 0.3) is 0 Å². The third-order valence-corrected chi connectivity index (χ3v) is 8.15. The predicted octanol–water partition coefficient (Wildman–Crippen LogP) is 1.96. The Balaban J connectivity index is 2.20. The monoisotopic (exact) mass is 594 g/mol. The molecule has 3 amide bonds. The minimum Gasteiger partial charge on any atom is -0.389 e. The zero-order valence-electron chi connectivity index (χ0n) is 26.0. The molecule has 0 radical (unpaired) electrons. The van der Waals surface area contributed by atoms with Gasteiger partial charge in [-0.3, -0.25) is 14.4 Å². The first-order valence-corrected chi connectivity index (χ1v) is 15.3. The summed E-state index contributed by atoms with van der Waals surface area (Å²) in [7, 11) is 5.56. The number of hydrogen-bond donors (Lipinski definition) is 4. The number of carbonyl (C=O) groups excluding carboxylic acids is 3. The van der Waals surface area contributed by atoms with E-state index in [2.05, 4.69) is 22.5 Å². The molecule has 5 atom stereocenters. The van der Waals surface area contributed by atoms with Crippen LogP contribution >= 0.6 is 0 Å². The third-order valence-electron chi connectivity index (χ3n) is 8.15. The fourth-order valence-corrected chi connectivity index (χ4v) is 5.47. The second-order valence-corrected chi connectivity index (χ2v) is 12.0. The van der Waals surface area contributed by atoms with Gasteiger partial charge < -0.3 is 30.6 Å². The van der Waals surface area contributed by atoms with E-state index in [1.807, 2.05) is 49.3 Å². The highest BCUT2D eigenvalue weighted by Gasteiger charge is 2.33. The quantitative estimate of drug-likeness (QED) is 0.205. The lowest BCUT2D eigenvalue weighted by Gasteiger charge is -2.33. The summed E-state index contributed by atoms with van der Waals surface area (Å²) in [6.07, 6.45) is 14.4. The molecular formula is C34H50N4O5. The largest absolute Gasteiger partial charge is 0.389 e. The van der Waals surface area contributed by atoms with Crippen molar-refractivity contribution in [2.45, 2.75) is 88.5 Å². The van der Waals surface area contributed by atoms with E-state index in [0.29, 0.717) is 25.9 Å². The fourth-order valence-electron chi connectivity index (χ4n) is 5.47. The Morgan fingerprint density at radius 2 is 1.58 bits per heavy atom. The Morgan fingerprint density at radius 3 is 2.19 bits per heavy atom. The number of hydrogen-bond acceptors (Lipinski definition) is 6. The average Bonchev–Trinajstić information content (AvgIpc) is 2.99. The summed E-state index contributed by atoms with van der Waals surface area (Å²) in [5.41, 5.74) is 0.891. The van der Waals surface area contributed by atoms with E-state index in [0.717, 1.165) is 37.7 Å². The van der Waals surface area contributed by atoms with Gasteiger partial charge in [0, 0.05) is 39.4 Å². The van der Waals surface area contributed by atoms with Crippen molar-refractivity contribution in [2.24, 2.45) is 11.8 Å². The first-order valence-electron chi connectivity index (χ1n) is 15.3. The van der Waals surface area contributed by atoms with Crippen LogP contribution in [0.3, 0.4) is 0 Å². The van der Waals surface area contributed by atoms with E-state index in [4.69, 9.17) is 12.8 Å². The Kier molecular flexibility index (Phi) is 15.8. The SMILES string of the molecule is C#CCC(O)[C@H](O)C(CC1CCCCC1)NC(=O)[C@H](CC#C)NC(=O)C(CC(=O)N(C)CCN(C)C)Cc1ccccc1. The van der Waals surface area contributed by atoms with Crippen molar-refractivity contribution < 1.29 is 24.6 Å². The van der Waals surface area contributed by atoms with Crippen molar-refractivity contribution in [3.05, 3.63) is 35.9 Å². The van der Waals surface area contributed by atoms with Crippen molar-refractivity contribution in [3.8, 4) is 24.7 Å². The molecule has 0 bridgehead atoms. The van der Waals surface area contributed by atoms with E-state index in [-0.39, 0.29) is 31.1 Å². The van der Waals surface area contributed by atoms with Crippen molar-refractivity contribution in [1.82, 2.24) is 20.4 Å². The molecule has 9 heteroatoms. The Bertz CT molecular complexity index is 1090. The number of amides is 3. The topological polar surface area (TPSA) is 122 Å². The Morgan fingerprint density at radius 1 is 0.930 bits per heavy atom. The average molecular weight is 595 g/mol. The molecule has 3 unspecified atom stereocenters. The van der Waals surface area contributed by atoms with E-state index in [1.165, 1.54) is 0 Å². The van der Waals surface area contributed by atoms with Gasteiger partial charge >= 0.3 is 0 Å². The molecule has 4 N–H and O–H groups in total. The number of carbonyl (C=O) groups is 3. The molecule has 0 heterocycles.